The first-order valence-corrected chi connectivity index (χ1v) is 18.4. The molecule has 0 aliphatic heterocycles. The van der Waals surface area contributed by atoms with Gasteiger partial charge in [0.25, 0.3) is 0 Å². The van der Waals surface area contributed by atoms with E-state index in [9.17, 15) is 4.39 Å². The third kappa shape index (κ3) is 5.04. The van der Waals surface area contributed by atoms with E-state index in [0.29, 0.717) is 0 Å². The van der Waals surface area contributed by atoms with Crippen LogP contribution in [0, 0.1) is 5.82 Å². The van der Waals surface area contributed by atoms with Crippen molar-refractivity contribution in [1.29, 1.82) is 0 Å². The summed E-state index contributed by atoms with van der Waals surface area (Å²) < 4.78 is 13.7. The van der Waals surface area contributed by atoms with Crippen LogP contribution in [-0.4, -0.2) is 26.1 Å². The third-order valence-corrected chi connectivity index (χ3v) is 10.1. The van der Waals surface area contributed by atoms with Crippen molar-refractivity contribution < 1.29 is 4.39 Å². The minimum absolute atomic E-state index is 0.324. The maximum atomic E-state index is 13.7. The lowest BCUT2D eigenvalue weighted by molar-refractivity contribution is 0.622. The molecule has 4 rings (SSSR count). The number of nitrogens with zero attached hydrogens (tertiary/aromatic N) is 2. The lowest BCUT2D eigenvalue weighted by Gasteiger charge is -2.23. The number of halogens is 1. The Morgan fingerprint density at radius 3 is 1.55 bits per heavy atom. The Labute approximate surface area is 198 Å². The fourth-order valence-electron chi connectivity index (χ4n) is 3.97. The van der Waals surface area contributed by atoms with Crippen LogP contribution in [0.4, 0.5) is 4.39 Å². The van der Waals surface area contributed by atoms with Crippen molar-refractivity contribution in [2.75, 3.05) is 0 Å². The molecule has 0 aliphatic carbocycles. The molecule has 0 amide bonds. The first kappa shape index (κ1) is 23.3. The zero-order valence-electron chi connectivity index (χ0n) is 20.3. The van der Waals surface area contributed by atoms with Crippen molar-refractivity contribution in [3.63, 3.8) is 0 Å². The minimum Gasteiger partial charge on any atom is -0.256 e. The molecule has 5 heteroatoms. The number of benzene rings is 2. The highest BCUT2D eigenvalue weighted by molar-refractivity contribution is 6.89. The Morgan fingerprint density at radius 2 is 1.12 bits per heavy atom. The van der Waals surface area contributed by atoms with Crippen molar-refractivity contribution in [2.24, 2.45) is 0 Å². The van der Waals surface area contributed by atoms with Crippen LogP contribution in [-0.2, 0) is 0 Å². The Bertz CT molecular complexity index is 1270. The number of rotatable bonds is 5. The summed E-state index contributed by atoms with van der Waals surface area (Å²) in [5.74, 6) is -0.324. The van der Waals surface area contributed by atoms with E-state index in [0.717, 1.165) is 33.6 Å². The molecule has 168 valence electrons. The van der Waals surface area contributed by atoms with Crippen molar-refractivity contribution >= 4 is 26.5 Å². The summed E-state index contributed by atoms with van der Waals surface area (Å²) in [6.07, 6.45) is 3.14. The molecule has 2 aromatic heterocycles. The smallest absolute Gasteiger partial charge is 0.141 e. The molecule has 0 fully saturated rings. The van der Waals surface area contributed by atoms with E-state index in [1.807, 2.05) is 18.3 Å². The molecule has 4 aromatic rings. The molecular formula is C28H31FN2Si2. The molecule has 2 heterocycles. The average molecular weight is 471 g/mol. The predicted octanol–water partition coefficient (Wildman–Crippen LogP) is 6.71. The second kappa shape index (κ2) is 8.80. The van der Waals surface area contributed by atoms with Crippen LogP contribution in [0.15, 0.2) is 79.1 Å². The van der Waals surface area contributed by atoms with Crippen LogP contribution >= 0.6 is 0 Å². The molecule has 2 aromatic carbocycles. The Hall–Kier alpha value is -2.90. The van der Waals surface area contributed by atoms with Crippen LogP contribution in [0.5, 0.6) is 0 Å². The highest BCUT2D eigenvalue weighted by Crippen LogP contribution is 2.37. The summed E-state index contributed by atoms with van der Waals surface area (Å²) in [7, 11) is -3.07. The van der Waals surface area contributed by atoms with Gasteiger partial charge in [0.1, 0.15) is 5.82 Å². The maximum absolute atomic E-state index is 13.7. The van der Waals surface area contributed by atoms with Crippen LogP contribution in [0.1, 0.15) is 0 Å². The van der Waals surface area contributed by atoms with Gasteiger partial charge < -0.3 is 0 Å². The maximum Gasteiger partial charge on any atom is 0.141 e. The van der Waals surface area contributed by atoms with Gasteiger partial charge in [0.15, 0.2) is 0 Å². The number of pyridine rings is 2. The van der Waals surface area contributed by atoms with E-state index < -0.39 is 16.1 Å². The predicted molar refractivity (Wildman–Crippen MR) is 144 cm³/mol. The number of aromatic nitrogens is 2. The molecule has 0 N–H and O–H groups in total. The Balaban J connectivity index is 2.01. The molecular weight excluding hydrogens is 439 g/mol. The van der Waals surface area contributed by atoms with Crippen molar-refractivity contribution in [1.82, 2.24) is 9.97 Å². The van der Waals surface area contributed by atoms with Crippen LogP contribution < -0.4 is 10.4 Å². The largest absolute Gasteiger partial charge is 0.256 e. The zero-order valence-corrected chi connectivity index (χ0v) is 22.3. The van der Waals surface area contributed by atoms with E-state index in [4.69, 9.17) is 0 Å². The molecule has 0 atom stereocenters. The van der Waals surface area contributed by atoms with Gasteiger partial charge in [0.2, 0.25) is 0 Å². The highest BCUT2D eigenvalue weighted by Gasteiger charge is 2.23. The molecule has 0 spiro atoms. The van der Waals surface area contributed by atoms with Gasteiger partial charge in [0.05, 0.1) is 33.7 Å². The third-order valence-electron chi connectivity index (χ3n) is 6.01. The topological polar surface area (TPSA) is 25.8 Å². The average Bonchev–Trinajstić information content (AvgIpc) is 2.78. The van der Waals surface area contributed by atoms with Gasteiger partial charge in [-0.25, -0.2) is 4.39 Å². The van der Waals surface area contributed by atoms with E-state index in [-0.39, 0.29) is 5.82 Å². The number of hydrogen-bond donors (Lipinski definition) is 0. The summed E-state index contributed by atoms with van der Waals surface area (Å²) >= 11 is 0. The highest BCUT2D eigenvalue weighted by atomic mass is 28.3. The second-order valence-corrected chi connectivity index (χ2v) is 20.8. The molecule has 0 bridgehead atoms. The molecule has 0 unspecified atom stereocenters. The fraction of sp³-hybridized carbons (Fsp3) is 0.214. The molecule has 0 saturated heterocycles. The van der Waals surface area contributed by atoms with Gasteiger partial charge in [-0.2, -0.15) is 0 Å². The SMILES string of the molecule is C[Si](C)(C)c1ccc(-c2ccc([Si](C)(C)C)cc2-c2ccc(F)cn2)c(-c2ccccn2)c1. The summed E-state index contributed by atoms with van der Waals surface area (Å²) in [6, 6.07) is 22.9. The first-order chi connectivity index (χ1) is 15.5. The first-order valence-electron chi connectivity index (χ1n) is 11.4. The van der Waals surface area contributed by atoms with Crippen LogP contribution in [0.25, 0.3) is 33.6 Å². The number of hydrogen-bond acceptors (Lipinski definition) is 2. The molecule has 0 saturated carbocycles. The summed E-state index contributed by atoms with van der Waals surface area (Å²) in [4.78, 5) is 9.13. The summed E-state index contributed by atoms with van der Waals surface area (Å²) in [6.45, 7) is 14.1. The van der Waals surface area contributed by atoms with Gasteiger partial charge in [-0.3, -0.25) is 9.97 Å². The van der Waals surface area contributed by atoms with Crippen molar-refractivity contribution in [2.45, 2.75) is 39.3 Å². The van der Waals surface area contributed by atoms with Gasteiger partial charge in [0, 0.05) is 17.3 Å². The normalized spacial score (nSPS) is 12.1. The summed E-state index contributed by atoms with van der Waals surface area (Å²) in [5.41, 5.74) is 6.12. The molecule has 0 radical (unpaired) electrons. The van der Waals surface area contributed by atoms with Gasteiger partial charge >= 0.3 is 0 Å². The monoisotopic (exact) mass is 470 g/mol. The van der Waals surface area contributed by atoms with E-state index in [1.165, 1.54) is 22.6 Å². The van der Waals surface area contributed by atoms with Crippen LogP contribution in [0.2, 0.25) is 39.3 Å². The zero-order chi connectivity index (χ0) is 23.8. The van der Waals surface area contributed by atoms with Crippen molar-refractivity contribution in [3.05, 3.63) is 84.9 Å². The standard InChI is InChI=1S/C28H31FN2Si2/c1-32(2,3)21-11-13-23(25(17-21)27-9-7-8-16-30-27)24-14-12-22(33(4,5)6)18-26(24)28-15-10-20(29)19-31-28/h7-19H,1-6H3. The van der Waals surface area contributed by atoms with Crippen LogP contribution in [0.3, 0.4) is 0 Å². The molecule has 0 aliphatic rings. The molecule has 33 heavy (non-hydrogen) atoms. The minimum atomic E-state index is -1.55. The fourth-order valence-corrected chi connectivity index (χ4v) is 6.29. The Morgan fingerprint density at radius 1 is 0.576 bits per heavy atom. The van der Waals surface area contributed by atoms with Gasteiger partial charge in [-0.05, 0) is 35.4 Å². The summed E-state index contributed by atoms with van der Waals surface area (Å²) in [5, 5.41) is 2.75. The lowest BCUT2D eigenvalue weighted by atomic mass is 9.92. The van der Waals surface area contributed by atoms with E-state index >= 15 is 0 Å². The van der Waals surface area contributed by atoms with E-state index in [1.54, 1.807) is 6.07 Å². The quantitative estimate of drug-likeness (QED) is 0.303. The van der Waals surface area contributed by atoms with Gasteiger partial charge in [-0.15, -0.1) is 0 Å². The van der Waals surface area contributed by atoms with Crippen molar-refractivity contribution in [3.8, 4) is 33.6 Å². The van der Waals surface area contributed by atoms with Gasteiger partial charge in [-0.1, -0.05) is 92.1 Å². The second-order valence-electron chi connectivity index (χ2n) is 10.6. The lowest BCUT2D eigenvalue weighted by Crippen LogP contribution is -2.37. The Kier molecular flexibility index (Phi) is 6.21. The molecule has 2 nitrogen and oxygen atoms in total. The van der Waals surface area contributed by atoms with E-state index in [2.05, 4.69) is 91.7 Å².